The highest BCUT2D eigenvalue weighted by atomic mass is 16.5. The topological polar surface area (TPSA) is 78.4 Å². The van der Waals surface area contributed by atoms with Crippen molar-refractivity contribution in [2.24, 2.45) is 0 Å². The summed E-state index contributed by atoms with van der Waals surface area (Å²) in [6.07, 6.45) is 0. The van der Waals surface area contributed by atoms with Gasteiger partial charge in [-0.3, -0.25) is 4.79 Å². The minimum Gasteiger partial charge on any atom is -0.507 e. The van der Waals surface area contributed by atoms with Crippen molar-refractivity contribution >= 4 is 27.7 Å². The van der Waals surface area contributed by atoms with Crippen molar-refractivity contribution < 1.29 is 14.6 Å². The van der Waals surface area contributed by atoms with E-state index in [0.717, 1.165) is 21.8 Å². The van der Waals surface area contributed by atoms with Crippen LogP contribution in [0.2, 0.25) is 0 Å². The summed E-state index contributed by atoms with van der Waals surface area (Å²) in [7, 11) is 0. The molecule has 0 aliphatic carbocycles. The van der Waals surface area contributed by atoms with E-state index in [9.17, 15) is 9.90 Å². The van der Waals surface area contributed by atoms with Crippen molar-refractivity contribution in [3.05, 3.63) is 60.2 Å². The van der Waals surface area contributed by atoms with E-state index in [2.05, 4.69) is 9.97 Å². The summed E-state index contributed by atoms with van der Waals surface area (Å²) in [6, 6.07) is 17.0. The van der Waals surface area contributed by atoms with Gasteiger partial charge in [-0.05, 0) is 29.7 Å². The minimum atomic E-state index is -0.00472. The molecule has 1 amide bonds. The molecular formula is C22H19N3O3. The number of rotatable bonds is 2. The number of ether oxygens (including phenoxy) is 1. The van der Waals surface area contributed by atoms with Gasteiger partial charge in [-0.15, -0.1) is 0 Å². The van der Waals surface area contributed by atoms with Crippen LogP contribution in [0.3, 0.4) is 0 Å². The second-order valence-corrected chi connectivity index (χ2v) is 6.90. The first-order valence-electron chi connectivity index (χ1n) is 9.28. The first-order chi connectivity index (χ1) is 13.7. The monoisotopic (exact) mass is 373 g/mol. The number of hydrogen-bond acceptors (Lipinski definition) is 4. The van der Waals surface area contributed by atoms with E-state index < -0.39 is 0 Å². The number of aromatic amines is 1. The summed E-state index contributed by atoms with van der Waals surface area (Å²) in [5.74, 6) is 0.769. The molecule has 1 aromatic heterocycles. The molecule has 6 heteroatoms. The maximum absolute atomic E-state index is 12.7. The highest BCUT2D eigenvalue weighted by Gasteiger charge is 2.19. The number of phenols is 1. The molecule has 28 heavy (non-hydrogen) atoms. The van der Waals surface area contributed by atoms with Gasteiger partial charge in [0.05, 0.1) is 29.8 Å². The molecular weight excluding hydrogens is 354 g/mol. The lowest BCUT2D eigenvalue weighted by atomic mass is 10.1. The first kappa shape index (κ1) is 16.8. The molecule has 2 N–H and O–H groups in total. The Hall–Kier alpha value is -3.38. The number of imidazole rings is 1. The van der Waals surface area contributed by atoms with E-state index in [4.69, 9.17) is 4.74 Å². The Labute approximate surface area is 161 Å². The molecule has 0 spiro atoms. The number of benzene rings is 3. The zero-order valence-corrected chi connectivity index (χ0v) is 15.2. The predicted molar refractivity (Wildman–Crippen MR) is 107 cm³/mol. The molecule has 0 unspecified atom stereocenters. The van der Waals surface area contributed by atoms with Crippen molar-refractivity contribution in [3.8, 4) is 17.1 Å². The van der Waals surface area contributed by atoms with Crippen molar-refractivity contribution in [2.45, 2.75) is 0 Å². The summed E-state index contributed by atoms with van der Waals surface area (Å²) in [6.45, 7) is 2.36. The van der Waals surface area contributed by atoms with Crippen molar-refractivity contribution in [1.82, 2.24) is 14.9 Å². The lowest BCUT2D eigenvalue weighted by molar-refractivity contribution is 0.0303. The Morgan fingerprint density at radius 2 is 1.89 bits per heavy atom. The number of H-pyrrole nitrogens is 1. The van der Waals surface area contributed by atoms with Crippen LogP contribution in [0.1, 0.15) is 10.4 Å². The van der Waals surface area contributed by atoms with Crippen LogP contribution in [0.15, 0.2) is 54.6 Å². The van der Waals surface area contributed by atoms with Gasteiger partial charge >= 0.3 is 0 Å². The molecule has 1 saturated heterocycles. The number of hydrogen-bond donors (Lipinski definition) is 2. The number of phenolic OH excluding ortho intramolecular Hbond substituents is 1. The minimum absolute atomic E-state index is 0.00472. The first-order valence-corrected chi connectivity index (χ1v) is 9.28. The Morgan fingerprint density at radius 3 is 2.75 bits per heavy atom. The lowest BCUT2D eigenvalue weighted by Gasteiger charge is -2.26. The summed E-state index contributed by atoms with van der Waals surface area (Å²) in [5, 5.41) is 12.5. The summed E-state index contributed by atoms with van der Waals surface area (Å²) in [5.41, 5.74) is 2.77. The number of nitrogens with zero attached hydrogens (tertiary/aromatic N) is 2. The fraction of sp³-hybridized carbons (Fsp3) is 0.182. The number of fused-ring (bicyclic) bond motifs is 2. The van der Waals surface area contributed by atoms with Gasteiger partial charge in [-0.25, -0.2) is 4.98 Å². The van der Waals surface area contributed by atoms with E-state index in [1.807, 2.05) is 48.5 Å². The summed E-state index contributed by atoms with van der Waals surface area (Å²) < 4.78 is 5.32. The van der Waals surface area contributed by atoms with Gasteiger partial charge in [0.1, 0.15) is 11.6 Å². The maximum atomic E-state index is 12.7. The molecule has 2 heterocycles. The molecule has 140 valence electrons. The van der Waals surface area contributed by atoms with Crippen LogP contribution >= 0.6 is 0 Å². The number of amides is 1. The van der Waals surface area contributed by atoms with Crippen LogP contribution in [-0.4, -0.2) is 52.2 Å². The van der Waals surface area contributed by atoms with Crippen LogP contribution in [-0.2, 0) is 4.74 Å². The fourth-order valence-corrected chi connectivity index (χ4v) is 3.67. The van der Waals surface area contributed by atoms with Gasteiger partial charge in [0.2, 0.25) is 0 Å². The normalized spacial score (nSPS) is 14.6. The number of aromatic hydroxyl groups is 1. The third-order valence-corrected chi connectivity index (χ3v) is 5.18. The average molecular weight is 373 g/mol. The third-order valence-electron chi connectivity index (χ3n) is 5.18. The predicted octanol–water partition coefficient (Wildman–Crippen LogP) is 3.56. The molecule has 0 radical (unpaired) electrons. The van der Waals surface area contributed by atoms with Gasteiger partial charge in [-0.1, -0.05) is 30.3 Å². The molecule has 1 aliphatic rings. The smallest absolute Gasteiger partial charge is 0.254 e. The van der Waals surface area contributed by atoms with Crippen LogP contribution in [0, 0.1) is 0 Å². The van der Waals surface area contributed by atoms with Crippen molar-refractivity contribution in [2.75, 3.05) is 26.3 Å². The quantitative estimate of drug-likeness (QED) is 0.563. The highest BCUT2D eigenvalue weighted by molar-refractivity contribution is 5.98. The number of nitrogens with one attached hydrogen (secondary N) is 1. The molecule has 6 nitrogen and oxygen atoms in total. The van der Waals surface area contributed by atoms with Gasteiger partial charge in [0, 0.05) is 24.0 Å². The molecule has 0 atom stereocenters. The lowest BCUT2D eigenvalue weighted by Crippen LogP contribution is -2.40. The van der Waals surface area contributed by atoms with Crippen LogP contribution in [0.4, 0.5) is 0 Å². The van der Waals surface area contributed by atoms with E-state index in [-0.39, 0.29) is 11.7 Å². The molecule has 1 aliphatic heterocycles. The van der Waals surface area contributed by atoms with Gasteiger partial charge in [0.25, 0.3) is 5.91 Å². The summed E-state index contributed by atoms with van der Waals surface area (Å²) in [4.78, 5) is 22.4. The molecule has 3 aromatic carbocycles. The van der Waals surface area contributed by atoms with Crippen LogP contribution in [0.5, 0.6) is 5.75 Å². The Balaban J connectivity index is 1.54. The fourth-order valence-electron chi connectivity index (χ4n) is 3.67. The number of carbonyl (C=O) groups excluding carboxylic acids is 1. The van der Waals surface area contributed by atoms with E-state index in [1.54, 1.807) is 11.0 Å². The Kier molecular flexibility index (Phi) is 3.98. The average Bonchev–Trinajstić information content (AvgIpc) is 3.17. The Bertz CT molecular complexity index is 1190. The van der Waals surface area contributed by atoms with Crippen molar-refractivity contribution in [1.29, 1.82) is 0 Å². The molecule has 5 rings (SSSR count). The largest absolute Gasteiger partial charge is 0.507 e. The summed E-state index contributed by atoms with van der Waals surface area (Å²) >= 11 is 0. The second kappa shape index (κ2) is 6.65. The van der Waals surface area contributed by atoms with Gasteiger partial charge < -0.3 is 19.7 Å². The van der Waals surface area contributed by atoms with Gasteiger partial charge in [-0.2, -0.15) is 0 Å². The van der Waals surface area contributed by atoms with Crippen LogP contribution in [0.25, 0.3) is 33.2 Å². The molecule has 0 saturated carbocycles. The second-order valence-electron chi connectivity index (χ2n) is 6.90. The maximum Gasteiger partial charge on any atom is 0.254 e. The standard InChI is InChI=1S/C22H19N3O3/c26-20-16-4-2-1-3-14(16)5-7-17(20)21-23-18-8-6-15(13-19(18)24-21)22(27)25-9-11-28-12-10-25/h1-8,13,26H,9-12H2,(H,23,24). The molecule has 0 bridgehead atoms. The zero-order valence-electron chi connectivity index (χ0n) is 15.2. The van der Waals surface area contributed by atoms with Crippen LogP contribution < -0.4 is 0 Å². The van der Waals surface area contributed by atoms with E-state index in [1.165, 1.54) is 0 Å². The Morgan fingerprint density at radius 1 is 1.07 bits per heavy atom. The number of carbonyl (C=O) groups is 1. The SMILES string of the molecule is O=C(c1ccc2nc(-c3ccc4ccccc4c3O)[nH]c2c1)N1CCOCC1. The van der Waals surface area contributed by atoms with Gasteiger partial charge in [0.15, 0.2) is 0 Å². The van der Waals surface area contributed by atoms with Crippen molar-refractivity contribution in [3.63, 3.8) is 0 Å². The highest BCUT2D eigenvalue weighted by Crippen LogP contribution is 2.35. The zero-order chi connectivity index (χ0) is 19.1. The molecule has 1 fully saturated rings. The van der Waals surface area contributed by atoms with E-state index in [0.29, 0.717) is 43.3 Å². The number of morpholine rings is 1. The molecule has 4 aromatic rings. The third kappa shape index (κ3) is 2.78. The number of aromatic nitrogens is 2. The van der Waals surface area contributed by atoms with E-state index >= 15 is 0 Å².